The van der Waals surface area contributed by atoms with Gasteiger partial charge in [0, 0.05) is 17.1 Å². The highest BCUT2D eigenvalue weighted by Gasteiger charge is 2.47. The first-order chi connectivity index (χ1) is 7.50. The van der Waals surface area contributed by atoms with Gasteiger partial charge < -0.3 is 0 Å². The first-order valence-electron chi connectivity index (χ1n) is 5.77. The minimum Gasteiger partial charge on any atom is -0.274 e. The van der Waals surface area contributed by atoms with E-state index >= 15 is 0 Å². The molecule has 0 N–H and O–H groups in total. The predicted molar refractivity (Wildman–Crippen MR) is 61.2 cm³/mol. The van der Waals surface area contributed by atoms with E-state index in [-0.39, 0.29) is 11.9 Å². The molecule has 2 fully saturated rings. The molecule has 16 heavy (non-hydrogen) atoms. The molecule has 0 bridgehead atoms. The maximum Gasteiger partial charge on any atom is 0.324 e. The van der Waals surface area contributed by atoms with Crippen molar-refractivity contribution in [3.8, 4) is 0 Å². The molecule has 0 spiro atoms. The summed E-state index contributed by atoms with van der Waals surface area (Å²) in [6.07, 6.45) is 7.06. The van der Waals surface area contributed by atoms with Crippen LogP contribution in [0, 0.1) is 5.92 Å². The average Bonchev–Trinajstić information content (AvgIpc) is 2.38. The van der Waals surface area contributed by atoms with Crippen molar-refractivity contribution < 1.29 is 13.2 Å². The zero-order chi connectivity index (χ0) is 11.8. The summed E-state index contributed by atoms with van der Waals surface area (Å²) in [5.41, 5.74) is 0. The Balaban J connectivity index is 2.07. The van der Waals surface area contributed by atoms with Gasteiger partial charge in [0.15, 0.2) is 0 Å². The third kappa shape index (κ3) is 2.35. The van der Waals surface area contributed by atoms with Crippen LogP contribution in [0.1, 0.15) is 44.9 Å². The number of rotatable bonds is 2. The number of nitrogens with zero attached hydrogens (tertiary/aromatic N) is 1. The van der Waals surface area contributed by atoms with Gasteiger partial charge in [-0.3, -0.25) is 4.79 Å². The monoisotopic (exact) mass is 265 g/mol. The highest BCUT2D eigenvalue weighted by Crippen LogP contribution is 2.37. The molecule has 0 radical (unpaired) electrons. The van der Waals surface area contributed by atoms with Gasteiger partial charge in [0.25, 0.3) is 0 Å². The van der Waals surface area contributed by atoms with E-state index in [1.165, 1.54) is 12.8 Å². The molecule has 1 heterocycles. The number of halogens is 1. The lowest BCUT2D eigenvalue weighted by Gasteiger charge is -2.41. The second kappa shape index (κ2) is 4.53. The molecule has 0 aromatic heterocycles. The zero-order valence-electron chi connectivity index (χ0n) is 9.06. The van der Waals surface area contributed by atoms with Crippen molar-refractivity contribution in [3.05, 3.63) is 0 Å². The SMILES string of the molecule is O=C1CC(C2CCCCCC2)N1S(=O)(=O)Cl. The van der Waals surface area contributed by atoms with Gasteiger partial charge in [0.05, 0.1) is 6.04 Å². The molecule has 0 aromatic rings. The fourth-order valence-electron chi connectivity index (χ4n) is 2.76. The minimum absolute atomic E-state index is 0.173. The van der Waals surface area contributed by atoms with Crippen molar-refractivity contribution in [1.82, 2.24) is 4.31 Å². The lowest BCUT2D eigenvalue weighted by atomic mass is 9.85. The first-order valence-corrected chi connectivity index (χ1v) is 8.03. The molecule has 1 aliphatic heterocycles. The average molecular weight is 266 g/mol. The normalized spacial score (nSPS) is 28.7. The van der Waals surface area contributed by atoms with Crippen LogP contribution in [0.5, 0.6) is 0 Å². The van der Waals surface area contributed by atoms with Crippen molar-refractivity contribution in [3.63, 3.8) is 0 Å². The summed E-state index contributed by atoms with van der Waals surface area (Å²) in [7, 11) is 1.39. The zero-order valence-corrected chi connectivity index (χ0v) is 10.6. The third-order valence-corrected chi connectivity index (χ3v) is 5.00. The summed E-state index contributed by atoms with van der Waals surface area (Å²) < 4.78 is 23.3. The van der Waals surface area contributed by atoms with Crippen molar-refractivity contribution in [2.75, 3.05) is 0 Å². The summed E-state index contributed by atoms with van der Waals surface area (Å²) >= 11 is 0. The number of amides is 1. The fraction of sp³-hybridized carbons (Fsp3) is 0.900. The van der Waals surface area contributed by atoms with E-state index in [1.807, 2.05) is 0 Å². The third-order valence-electron chi connectivity index (χ3n) is 3.61. The molecule has 1 unspecified atom stereocenters. The van der Waals surface area contributed by atoms with E-state index in [0.29, 0.717) is 12.3 Å². The Kier molecular flexibility index (Phi) is 3.45. The summed E-state index contributed by atoms with van der Waals surface area (Å²) in [6.45, 7) is 0. The van der Waals surface area contributed by atoms with Crippen molar-refractivity contribution in [1.29, 1.82) is 0 Å². The van der Waals surface area contributed by atoms with Crippen LogP contribution in [0.2, 0.25) is 0 Å². The van der Waals surface area contributed by atoms with Crippen molar-refractivity contribution >= 4 is 25.8 Å². The molecule has 92 valence electrons. The molecule has 2 rings (SSSR count). The Morgan fingerprint density at radius 3 is 2.12 bits per heavy atom. The molecule has 1 aliphatic carbocycles. The largest absolute Gasteiger partial charge is 0.324 e. The van der Waals surface area contributed by atoms with Gasteiger partial charge in [-0.1, -0.05) is 25.7 Å². The minimum atomic E-state index is -3.87. The number of β-lactam (4-membered cyclic amide) rings is 1. The standard InChI is InChI=1S/C10H16ClNO3S/c11-16(14,15)12-9(7-10(12)13)8-5-3-1-2-4-6-8/h8-9H,1-7H2. The van der Waals surface area contributed by atoms with Crippen LogP contribution < -0.4 is 0 Å². The Bertz CT molecular complexity index is 374. The van der Waals surface area contributed by atoms with Gasteiger partial charge in [-0.2, -0.15) is 8.42 Å². The molecule has 2 aliphatic rings. The van der Waals surface area contributed by atoms with Gasteiger partial charge in [0.2, 0.25) is 5.91 Å². The van der Waals surface area contributed by atoms with Gasteiger partial charge in [-0.15, -0.1) is 0 Å². The van der Waals surface area contributed by atoms with E-state index in [2.05, 4.69) is 0 Å². The van der Waals surface area contributed by atoms with E-state index < -0.39 is 9.24 Å². The second-order valence-electron chi connectivity index (χ2n) is 4.65. The number of carbonyl (C=O) groups is 1. The topological polar surface area (TPSA) is 54.5 Å². The predicted octanol–water partition coefficient (Wildman–Crippen LogP) is 2.04. The highest BCUT2D eigenvalue weighted by atomic mass is 35.7. The van der Waals surface area contributed by atoms with E-state index in [1.54, 1.807) is 0 Å². The van der Waals surface area contributed by atoms with Crippen LogP contribution >= 0.6 is 10.7 Å². The van der Waals surface area contributed by atoms with Gasteiger partial charge in [0.1, 0.15) is 0 Å². The molecule has 6 heteroatoms. The summed E-state index contributed by atoms with van der Waals surface area (Å²) in [6, 6.07) is -0.173. The summed E-state index contributed by atoms with van der Waals surface area (Å²) in [5.74, 6) is -0.0435. The molecule has 1 atom stereocenters. The van der Waals surface area contributed by atoms with Crippen LogP contribution in [-0.2, 0) is 14.0 Å². The van der Waals surface area contributed by atoms with Crippen LogP contribution in [0.4, 0.5) is 0 Å². The van der Waals surface area contributed by atoms with E-state index in [4.69, 9.17) is 10.7 Å². The second-order valence-corrected chi connectivity index (χ2v) is 7.04. The maximum atomic E-state index is 11.3. The molecule has 1 saturated carbocycles. The van der Waals surface area contributed by atoms with E-state index in [9.17, 15) is 13.2 Å². The molecule has 4 nitrogen and oxygen atoms in total. The number of carbonyl (C=O) groups excluding carboxylic acids is 1. The Labute approximate surface area is 101 Å². The number of hydrogen-bond acceptors (Lipinski definition) is 3. The molecule has 0 aromatic carbocycles. The van der Waals surface area contributed by atoms with Gasteiger partial charge in [-0.05, 0) is 18.8 Å². The van der Waals surface area contributed by atoms with Gasteiger partial charge in [-0.25, -0.2) is 4.31 Å². The fourth-order valence-corrected chi connectivity index (χ4v) is 4.19. The van der Waals surface area contributed by atoms with Crippen molar-refractivity contribution in [2.45, 2.75) is 51.0 Å². The molecule has 1 saturated heterocycles. The highest BCUT2D eigenvalue weighted by molar-refractivity contribution is 8.12. The Hall–Kier alpha value is -0.290. The lowest BCUT2D eigenvalue weighted by Crippen LogP contribution is -2.57. The molecular weight excluding hydrogens is 250 g/mol. The quantitative estimate of drug-likeness (QED) is 0.436. The van der Waals surface area contributed by atoms with Crippen LogP contribution in [0.15, 0.2) is 0 Å². The van der Waals surface area contributed by atoms with E-state index in [0.717, 1.165) is 30.0 Å². The van der Waals surface area contributed by atoms with Crippen molar-refractivity contribution in [2.24, 2.45) is 5.92 Å². The number of hydrogen-bond donors (Lipinski definition) is 0. The van der Waals surface area contributed by atoms with Gasteiger partial charge >= 0.3 is 9.24 Å². The molecular formula is C10H16ClNO3S. The Morgan fingerprint density at radius 1 is 1.12 bits per heavy atom. The summed E-state index contributed by atoms with van der Waals surface area (Å²) in [5, 5.41) is 0. The van der Waals surface area contributed by atoms with Crippen LogP contribution in [0.25, 0.3) is 0 Å². The lowest BCUT2D eigenvalue weighted by molar-refractivity contribution is -0.139. The smallest absolute Gasteiger partial charge is 0.274 e. The molecule has 1 amide bonds. The maximum absolute atomic E-state index is 11.3. The van der Waals surface area contributed by atoms with Crippen LogP contribution in [-0.4, -0.2) is 24.7 Å². The summed E-state index contributed by atoms with van der Waals surface area (Å²) in [4.78, 5) is 11.3. The Morgan fingerprint density at radius 2 is 1.69 bits per heavy atom. The first kappa shape index (κ1) is 12.2. The van der Waals surface area contributed by atoms with Crippen LogP contribution in [0.3, 0.4) is 0 Å².